The standard InChI is InChI=1S/C15H16ClNO3S/c1-8(2)12(15(19)20-3)17-14(18)13-11(16)9-6-4-5-7-10(9)21-13/h4-8,12H,1-3H3,(H,17,18)/t12-/m1/s1. The lowest BCUT2D eigenvalue weighted by Gasteiger charge is -2.19. The van der Waals surface area contributed by atoms with Crippen molar-refractivity contribution in [2.24, 2.45) is 5.92 Å². The number of methoxy groups -OCH3 is 1. The van der Waals surface area contributed by atoms with Crippen LogP contribution in [0.15, 0.2) is 24.3 Å². The first-order valence-electron chi connectivity index (χ1n) is 6.51. The Morgan fingerprint density at radius 2 is 1.95 bits per heavy atom. The van der Waals surface area contributed by atoms with E-state index in [1.165, 1.54) is 18.4 Å². The van der Waals surface area contributed by atoms with Crippen LogP contribution in [0.1, 0.15) is 23.5 Å². The lowest BCUT2D eigenvalue weighted by atomic mass is 10.0. The number of hydrogen-bond donors (Lipinski definition) is 1. The van der Waals surface area contributed by atoms with Gasteiger partial charge in [-0.3, -0.25) is 4.79 Å². The molecule has 0 aliphatic carbocycles. The van der Waals surface area contributed by atoms with E-state index in [1.807, 2.05) is 38.1 Å². The summed E-state index contributed by atoms with van der Waals surface area (Å²) >= 11 is 7.57. The van der Waals surface area contributed by atoms with Gasteiger partial charge in [0.25, 0.3) is 5.91 Å². The Balaban J connectivity index is 2.29. The molecule has 1 aromatic carbocycles. The van der Waals surface area contributed by atoms with Crippen LogP contribution in [-0.2, 0) is 9.53 Å². The molecule has 0 aliphatic heterocycles. The summed E-state index contributed by atoms with van der Waals surface area (Å²) in [5, 5.41) is 3.96. The molecule has 6 heteroatoms. The number of esters is 1. The SMILES string of the molecule is COC(=O)[C@H](NC(=O)c1sc2ccccc2c1Cl)C(C)C. The van der Waals surface area contributed by atoms with Crippen LogP contribution in [0.25, 0.3) is 10.1 Å². The molecule has 0 unspecified atom stereocenters. The Labute approximate surface area is 132 Å². The van der Waals surface area contributed by atoms with Gasteiger partial charge in [-0.05, 0) is 12.0 Å². The average molecular weight is 326 g/mol. The molecule has 0 saturated carbocycles. The lowest BCUT2D eigenvalue weighted by Crippen LogP contribution is -2.44. The minimum atomic E-state index is -0.691. The van der Waals surface area contributed by atoms with Crippen LogP contribution in [0.4, 0.5) is 0 Å². The zero-order valence-electron chi connectivity index (χ0n) is 12.0. The molecule has 2 aromatic rings. The predicted octanol–water partition coefficient (Wildman–Crippen LogP) is 3.48. The summed E-state index contributed by atoms with van der Waals surface area (Å²) < 4.78 is 5.65. The highest BCUT2D eigenvalue weighted by Crippen LogP contribution is 2.35. The first-order chi connectivity index (χ1) is 9.95. The molecular formula is C15H16ClNO3S. The minimum absolute atomic E-state index is 0.0745. The molecule has 21 heavy (non-hydrogen) atoms. The van der Waals surface area contributed by atoms with E-state index < -0.39 is 12.0 Å². The van der Waals surface area contributed by atoms with Crippen molar-refractivity contribution < 1.29 is 14.3 Å². The van der Waals surface area contributed by atoms with E-state index >= 15 is 0 Å². The number of benzene rings is 1. The van der Waals surface area contributed by atoms with Crippen molar-refractivity contribution in [3.05, 3.63) is 34.2 Å². The van der Waals surface area contributed by atoms with Gasteiger partial charge >= 0.3 is 5.97 Å². The van der Waals surface area contributed by atoms with Crippen molar-refractivity contribution in [2.75, 3.05) is 7.11 Å². The molecule has 1 amide bonds. The van der Waals surface area contributed by atoms with Crippen LogP contribution in [0, 0.1) is 5.92 Å². The number of ether oxygens (including phenoxy) is 1. The zero-order chi connectivity index (χ0) is 15.6. The van der Waals surface area contributed by atoms with Gasteiger partial charge in [-0.15, -0.1) is 11.3 Å². The Kier molecular flexibility index (Phi) is 4.85. The molecule has 1 atom stereocenters. The van der Waals surface area contributed by atoms with E-state index in [9.17, 15) is 9.59 Å². The average Bonchev–Trinajstić information content (AvgIpc) is 2.81. The van der Waals surface area contributed by atoms with Gasteiger partial charge in [-0.1, -0.05) is 43.6 Å². The van der Waals surface area contributed by atoms with Crippen LogP contribution < -0.4 is 5.32 Å². The van der Waals surface area contributed by atoms with E-state index in [0.29, 0.717) is 9.90 Å². The normalized spacial score (nSPS) is 12.4. The van der Waals surface area contributed by atoms with Gasteiger partial charge in [0.15, 0.2) is 0 Å². The van der Waals surface area contributed by atoms with Gasteiger partial charge in [0.05, 0.1) is 12.1 Å². The second kappa shape index (κ2) is 6.45. The van der Waals surface area contributed by atoms with E-state index in [1.54, 1.807) is 0 Å². The maximum atomic E-state index is 12.4. The summed E-state index contributed by atoms with van der Waals surface area (Å²) in [4.78, 5) is 24.5. The third kappa shape index (κ3) is 3.19. The number of rotatable bonds is 4. The van der Waals surface area contributed by atoms with E-state index in [0.717, 1.165) is 10.1 Å². The molecule has 0 bridgehead atoms. The molecule has 0 aliphatic rings. The Morgan fingerprint density at radius 1 is 1.29 bits per heavy atom. The fourth-order valence-electron chi connectivity index (χ4n) is 1.99. The number of fused-ring (bicyclic) bond motifs is 1. The molecule has 1 N–H and O–H groups in total. The minimum Gasteiger partial charge on any atom is -0.467 e. The maximum Gasteiger partial charge on any atom is 0.328 e. The highest BCUT2D eigenvalue weighted by atomic mass is 35.5. The summed E-state index contributed by atoms with van der Waals surface area (Å²) in [6.45, 7) is 3.68. The predicted molar refractivity (Wildman–Crippen MR) is 84.9 cm³/mol. The molecule has 0 fully saturated rings. The molecule has 0 spiro atoms. The molecule has 1 aromatic heterocycles. The Bertz CT molecular complexity index is 681. The van der Waals surface area contributed by atoms with Crippen molar-refractivity contribution in [1.29, 1.82) is 0 Å². The van der Waals surface area contributed by atoms with Gasteiger partial charge in [-0.25, -0.2) is 4.79 Å². The summed E-state index contributed by atoms with van der Waals surface area (Å²) in [7, 11) is 1.30. The van der Waals surface area contributed by atoms with E-state index in [4.69, 9.17) is 16.3 Å². The summed E-state index contributed by atoms with van der Waals surface area (Å²) in [6, 6.07) is 6.84. The first kappa shape index (κ1) is 15.8. The monoisotopic (exact) mass is 325 g/mol. The van der Waals surface area contributed by atoms with Crippen molar-refractivity contribution in [3.8, 4) is 0 Å². The third-order valence-corrected chi connectivity index (χ3v) is 4.82. The fourth-order valence-corrected chi connectivity index (χ4v) is 3.41. The number of nitrogens with one attached hydrogen (secondary N) is 1. The van der Waals surface area contributed by atoms with E-state index in [2.05, 4.69) is 5.32 Å². The molecule has 0 saturated heterocycles. The van der Waals surface area contributed by atoms with Gasteiger partial charge in [0.2, 0.25) is 0 Å². The lowest BCUT2D eigenvalue weighted by molar-refractivity contribution is -0.144. The van der Waals surface area contributed by atoms with Crippen molar-refractivity contribution in [3.63, 3.8) is 0 Å². The van der Waals surface area contributed by atoms with Crippen LogP contribution in [-0.4, -0.2) is 25.0 Å². The fraction of sp³-hybridized carbons (Fsp3) is 0.333. The second-order valence-corrected chi connectivity index (χ2v) is 6.39. The Hall–Kier alpha value is -1.59. The van der Waals surface area contributed by atoms with Gasteiger partial charge in [0, 0.05) is 10.1 Å². The maximum absolute atomic E-state index is 12.4. The molecule has 112 valence electrons. The smallest absolute Gasteiger partial charge is 0.328 e. The van der Waals surface area contributed by atoms with Crippen LogP contribution in [0.3, 0.4) is 0 Å². The third-order valence-electron chi connectivity index (χ3n) is 3.15. The highest BCUT2D eigenvalue weighted by molar-refractivity contribution is 7.21. The highest BCUT2D eigenvalue weighted by Gasteiger charge is 2.27. The van der Waals surface area contributed by atoms with E-state index in [-0.39, 0.29) is 11.8 Å². The summed E-state index contributed by atoms with van der Waals surface area (Å²) in [5.74, 6) is -0.893. The molecule has 1 heterocycles. The molecular weight excluding hydrogens is 310 g/mol. The summed E-state index contributed by atoms with van der Waals surface area (Å²) in [5.41, 5.74) is 0. The van der Waals surface area contributed by atoms with Gasteiger partial charge in [0.1, 0.15) is 10.9 Å². The Morgan fingerprint density at radius 3 is 2.52 bits per heavy atom. The van der Waals surface area contributed by atoms with Crippen LogP contribution in [0.2, 0.25) is 5.02 Å². The number of thiophene rings is 1. The molecule has 2 rings (SSSR count). The zero-order valence-corrected chi connectivity index (χ0v) is 13.5. The number of halogens is 1. The number of amides is 1. The van der Waals surface area contributed by atoms with Crippen molar-refractivity contribution >= 4 is 44.9 Å². The summed E-state index contributed by atoms with van der Waals surface area (Å²) in [6.07, 6.45) is 0. The van der Waals surface area contributed by atoms with Gasteiger partial charge in [-0.2, -0.15) is 0 Å². The number of carbonyl (C=O) groups excluding carboxylic acids is 2. The topological polar surface area (TPSA) is 55.4 Å². The largest absolute Gasteiger partial charge is 0.467 e. The van der Waals surface area contributed by atoms with Crippen molar-refractivity contribution in [2.45, 2.75) is 19.9 Å². The second-order valence-electron chi connectivity index (χ2n) is 4.96. The molecule has 4 nitrogen and oxygen atoms in total. The van der Waals surface area contributed by atoms with Crippen LogP contribution >= 0.6 is 22.9 Å². The van der Waals surface area contributed by atoms with Crippen molar-refractivity contribution in [1.82, 2.24) is 5.32 Å². The molecule has 0 radical (unpaired) electrons. The van der Waals surface area contributed by atoms with Gasteiger partial charge < -0.3 is 10.1 Å². The number of hydrogen-bond acceptors (Lipinski definition) is 4. The first-order valence-corrected chi connectivity index (χ1v) is 7.71. The van der Waals surface area contributed by atoms with Crippen LogP contribution in [0.5, 0.6) is 0 Å². The number of carbonyl (C=O) groups is 2. The quantitative estimate of drug-likeness (QED) is 0.876.